The van der Waals surface area contributed by atoms with E-state index >= 15 is 0 Å². The molecule has 3 nitrogen and oxygen atoms in total. The predicted molar refractivity (Wildman–Crippen MR) is 99.6 cm³/mol. The maximum absolute atomic E-state index is 6.09. The van der Waals surface area contributed by atoms with Crippen LogP contribution in [0.1, 0.15) is 11.3 Å². The summed E-state index contributed by atoms with van der Waals surface area (Å²) in [6.45, 7) is 4.11. The molecule has 4 heterocycles. The van der Waals surface area contributed by atoms with Crippen LogP contribution >= 0.6 is 11.3 Å². The standard InChI is InChI=1S/C20H14N2OS/c1-11-10-24-18-9-21-17(8-16(11)18)15-5-3-4-13-14-7-6-12(2)22-20(14)23-19(13)15/h3-10H,1-2H3. The van der Waals surface area contributed by atoms with Gasteiger partial charge >= 0.3 is 0 Å². The maximum atomic E-state index is 6.09. The van der Waals surface area contributed by atoms with E-state index in [1.807, 2.05) is 19.2 Å². The highest BCUT2D eigenvalue weighted by Gasteiger charge is 2.14. The number of hydrogen-bond donors (Lipinski definition) is 0. The number of pyridine rings is 2. The Morgan fingerprint density at radius 1 is 1.00 bits per heavy atom. The van der Waals surface area contributed by atoms with Crippen LogP contribution in [0.4, 0.5) is 0 Å². The van der Waals surface area contributed by atoms with Crippen molar-refractivity contribution in [2.45, 2.75) is 13.8 Å². The largest absolute Gasteiger partial charge is 0.437 e. The molecule has 0 aliphatic carbocycles. The second-order valence-electron chi connectivity index (χ2n) is 6.07. The summed E-state index contributed by atoms with van der Waals surface area (Å²) in [6.07, 6.45) is 1.95. The lowest BCUT2D eigenvalue weighted by molar-refractivity contribution is 0.653. The lowest BCUT2D eigenvalue weighted by Crippen LogP contribution is -1.84. The lowest BCUT2D eigenvalue weighted by Gasteiger charge is -2.02. The van der Waals surface area contributed by atoms with E-state index in [9.17, 15) is 0 Å². The molecule has 0 radical (unpaired) electrons. The molecule has 0 saturated carbocycles. The van der Waals surface area contributed by atoms with Crippen LogP contribution in [0.3, 0.4) is 0 Å². The summed E-state index contributed by atoms with van der Waals surface area (Å²) < 4.78 is 7.31. The summed E-state index contributed by atoms with van der Waals surface area (Å²) in [7, 11) is 0. The third-order valence-electron chi connectivity index (χ3n) is 4.43. The zero-order chi connectivity index (χ0) is 16.3. The molecule has 24 heavy (non-hydrogen) atoms. The Bertz CT molecular complexity index is 1230. The third-order valence-corrected chi connectivity index (χ3v) is 5.48. The molecule has 0 saturated heterocycles. The normalized spacial score (nSPS) is 11.8. The van der Waals surface area contributed by atoms with E-state index in [2.05, 4.69) is 52.6 Å². The van der Waals surface area contributed by atoms with E-state index in [0.717, 1.165) is 33.3 Å². The molecule has 0 bridgehead atoms. The van der Waals surface area contributed by atoms with Gasteiger partial charge in [0.15, 0.2) is 0 Å². The molecule has 0 aliphatic heterocycles. The van der Waals surface area contributed by atoms with Gasteiger partial charge in [0.2, 0.25) is 5.71 Å². The van der Waals surface area contributed by atoms with Gasteiger partial charge in [-0.2, -0.15) is 0 Å². The van der Waals surface area contributed by atoms with Crippen molar-refractivity contribution in [3.63, 3.8) is 0 Å². The van der Waals surface area contributed by atoms with Gasteiger partial charge in [0.1, 0.15) is 5.58 Å². The fraction of sp³-hybridized carbons (Fsp3) is 0.100. The zero-order valence-corrected chi connectivity index (χ0v) is 14.1. The molecule has 0 atom stereocenters. The number of hydrogen-bond acceptors (Lipinski definition) is 4. The molecule has 0 amide bonds. The van der Waals surface area contributed by atoms with Gasteiger partial charge in [-0.1, -0.05) is 12.1 Å². The first-order valence-corrected chi connectivity index (χ1v) is 8.72. The zero-order valence-electron chi connectivity index (χ0n) is 13.3. The van der Waals surface area contributed by atoms with E-state index < -0.39 is 0 Å². The highest BCUT2D eigenvalue weighted by Crippen LogP contribution is 2.36. The molecule has 4 heteroatoms. The number of rotatable bonds is 1. The maximum Gasteiger partial charge on any atom is 0.227 e. The third kappa shape index (κ3) is 1.90. The van der Waals surface area contributed by atoms with Gasteiger partial charge in [0.25, 0.3) is 0 Å². The molecule has 5 aromatic rings. The van der Waals surface area contributed by atoms with Crippen molar-refractivity contribution in [2.24, 2.45) is 0 Å². The van der Waals surface area contributed by atoms with Crippen LogP contribution in [0.15, 0.2) is 52.4 Å². The monoisotopic (exact) mass is 330 g/mol. The number of aryl methyl sites for hydroxylation is 2. The van der Waals surface area contributed by atoms with Crippen LogP contribution < -0.4 is 0 Å². The number of para-hydroxylation sites is 1. The second kappa shape index (κ2) is 4.89. The Hall–Kier alpha value is -2.72. The molecule has 0 unspecified atom stereocenters. The van der Waals surface area contributed by atoms with E-state index in [1.54, 1.807) is 11.3 Å². The minimum Gasteiger partial charge on any atom is -0.437 e. The molecule has 5 rings (SSSR count). The number of fused-ring (bicyclic) bond motifs is 4. The van der Waals surface area contributed by atoms with Crippen molar-refractivity contribution < 1.29 is 4.42 Å². The average Bonchev–Trinajstić information content (AvgIpc) is 3.14. The summed E-state index contributed by atoms with van der Waals surface area (Å²) in [6, 6.07) is 12.4. The van der Waals surface area contributed by atoms with Crippen LogP contribution in [-0.4, -0.2) is 9.97 Å². The number of nitrogens with zero attached hydrogens (tertiary/aromatic N) is 2. The van der Waals surface area contributed by atoms with Crippen LogP contribution in [0.2, 0.25) is 0 Å². The first-order chi connectivity index (χ1) is 11.7. The fourth-order valence-corrected chi connectivity index (χ4v) is 4.07. The highest BCUT2D eigenvalue weighted by molar-refractivity contribution is 7.17. The van der Waals surface area contributed by atoms with E-state index in [-0.39, 0.29) is 0 Å². The summed E-state index contributed by atoms with van der Waals surface area (Å²) in [4.78, 5) is 9.18. The first kappa shape index (κ1) is 13.7. The van der Waals surface area contributed by atoms with Gasteiger partial charge < -0.3 is 4.42 Å². The van der Waals surface area contributed by atoms with E-state index in [1.165, 1.54) is 15.6 Å². The average molecular weight is 330 g/mol. The quantitative estimate of drug-likeness (QED) is 0.385. The number of thiophene rings is 1. The number of benzene rings is 1. The molecule has 0 N–H and O–H groups in total. The van der Waals surface area contributed by atoms with Crippen molar-refractivity contribution in [2.75, 3.05) is 0 Å². The molecular formula is C20H14N2OS. The van der Waals surface area contributed by atoms with Crippen LogP contribution in [-0.2, 0) is 0 Å². The van der Waals surface area contributed by atoms with Crippen molar-refractivity contribution in [3.05, 3.63) is 59.2 Å². The van der Waals surface area contributed by atoms with Gasteiger partial charge in [-0.3, -0.25) is 4.98 Å². The van der Waals surface area contributed by atoms with Crippen LogP contribution in [0, 0.1) is 13.8 Å². The highest BCUT2D eigenvalue weighted by atomic mass is 32.1. The van der Waals surface area contributed by atoms with Crippen molar-refractivity contribution >= 4 is 43.5 Å². The van der Waals surface area contributed by atoms with Gasteiger partial charge in [-0.25, -0.2) is 4.98 Å². The summed E-state index contributed by atoms with van der Waals surface area (Å²) >= 11 is 1.73. The predicted octanol–water partition coefficient (Wildman–Crippen LogP) is 5.87. The Kier molecular flexibility index (Phi) is 2.79. The van der Waals surface area contributed by atoms with Crippen LogP contribution in [0.25, 0.3) is 43.4 Å². The molecular weight excluding hydrogens is 316 g/mol. The molecule has 116 valence electrons. The Balaban J connectivity index is 1.84. The van der Waals surface area contributed by atoms with Gasteiger partial charge in [-0.05, 0) is 54.4 Å². The Labute approximate surface area is 142 Å². The Morgan fingerprint density at radius 2 is 1.92 bits per heavy atom. The fourth-order valence-electron chi connectivity index (χ4n) is 3.18. The van der Waals surface area contributed by atoms with Crippen molar-refractivity contribution in [1.82, 2.24) is 9.97 Å². The lowest BCUT2D eigenvalue weighted by atomic mass is 10.1. The SMILES string of the molecule is Cc1ccc2c(n1)oc1c(-c3cc4c(C)csc4cn3)cccc12. The van der Waals surface area contributed by atoms with Gasteiger partial charge in [0, 0.05) is 28.2 Å². The Morgan fingerprint density at radius 3 is 2.83 bits per heavy atom. The minimum atomic E-state index is 0.685. The van der Waals surface area contributed by atoms with Gasteiger partial charge in [-0.15, -0.1) is 11.3 Å². The molecule has 1 aromatic carbocycles. The molecule has 4 aromatic heterocycles. The summed E-state index contributed by atoms with van der Waals surface area (Å²) in [5.74, 6) is 0. The van der Waals surface area contributed by atoms with Gasteiger partial charge in [0.05, 0.1) is 10.4 Å². The molecule has 0 spiro atoms. The van der Waals surface area contributed by atoms with Crippen molar-refractivity contribution in [1.29, 1.82) is 0 Å². The summed E-state index contributed by atoms with van der Waals surface area (Å²) in [5.41, 5.74) is 5.72. The molecule has 0 aliphatic rings. The second-order valence-corrected chi connectivity index (χ2v) is 6.99. The van der Waals surface area contributed by atoms with Crippen LogP contribution in [0.5, 0.6) is 0 Å². The van der Waals surface area contributed by atoms with E-state index in [0.29, 0.717) is 5.71 Å². The minimum absolute atomic E-state index is 0.685. The smallest absolute Gasteiger partial charge is 0.227 e. The summed E-state index contributed by atoms with van der Waals surface area (Å²) in [5, 5.41) is 5.56. The number of aromatic nitrogens is 2. The first-order valence-electron chi connectivity index (χ1n) is 7.84. The topological polar surface area (TPSA) is 38.9 Å². The van der Waals surface area contributed by atoms with Crippen molar-refractivity contribution in [3.8, 4) is 11.3 Å². The van der Waals surface area contributed by atoms with E-state index in [4.69, 9.17) is 4.42 Å². The number of furan rings is 1. The molecule has 0 fully saturated rings.